The SMILES string of the molecule is CC(C)CC(Br)CNC(=O)c1c(F)cccc1Cl. The summed E-state index contributed by atoms with van der Waals surface area (Å²) in [5.74, 6) is -0.551. The van der Waals surface area contributed by atoms with E-state index in [1.807, 2.05) is 0 Å². The summed E-state index contributed by atoms with van der Waals surface area (Å²) in [4.78, 5) is 12.0. The molecule has 2 nitrogen and oxygen atoms in total. The number of hydrogen-bond donors (Lipinski definition) is 1. The highest BCUT2D eigenvalue weighted by Gasteiger charge is 2.16. The maximum Gasteiger partial charge on any atom is 0.255 e. The van der Waals surface area contributed by atoms with Crippen LogP contribution in [-0.2, 0) is 0 Å². The minimum atomic E-state index is -0.602. The van der Waals surface area contributed by atoms with E-state index >= 15 is 0 Å². The van der Waals surface area contributed by atoms with Crippen LogP contribution in [0.2, 0.25) is 5.02 Å². The first-order valence-electron chi connectivity index (χ1n) is 5.78. The first-order valence-corrected chi connectivity index (χ1v) is 7.07. The zero-order chi connectivity index (χ0) is 13.7. The van der Waals surface area contributed by atoms with E-state index in [-0.39, 0.29) is 15.4 Å². The molecule has 0 saturated heterocycles. The molecule has 0 spiro atoms. The number of carbonyl (C=O) groups excluding carboxylic acids is 1. The zero-order valence-electron chi connectivity index (χ0n) is 10.3. The molecule has 0 radical (unpaired) electrons. The summed E-state index contributed by atoms with van der Waals surface area (Å²) in [6.45, 7) is 4.65. The molecule has 18 heavy (non-hydrogen) atoms. The lowest BCUT2D eigenvalue weighted by atomic mass is 10.1. The lowest BCUT2D eigenvalue weighted by molar-refractivity contribution is 0.0949. The molecule has 0 aliphatic rings. The molecule has 1 atom stereocenters. The van der Waals surface area contributed by atoms with E-state index in [0.717, 1.165) is 6.42 Å². The molecule has 0 aromatic heterocycles. The van der Waals surface area contributed by atoms with Gasteiger partial charge >= 0.3 is 0 Å². The van der Waals surface area contributed by atoms with Gasteiger partial charge in [-0.05, 0) is 24.5 Å². The monoisotopic (exact) mass is 335 g/mol. The Bertz CT molecular complexity index is 405. The van der Waals surface area contributed by atoms with Crippen molar-refractivity contribution in [3.8, 4) is 0 Å². The molecule has 0 aliphatic carbocycles. The van der Waals surface area contributed by atoms with Gasteiger partial charge in [-0.15, -0.1) is 0 Å². The third-order valence-corrected chi connectivity index (χ3v) is 3.41. The van der Waals surface area contributed by atoms with Gasteiger partial charge in [0.05, 0.1) is 10.6 Å². The van der Waals surface area contributed by atoms with E-state index in [9.17, 15) is 9.18 Å². The summed E-state index contributed by atoms with van der Waals surface area (Å²) in [6, 6.07) is 4.19. The number of alkyl halides is 1. The van der Waals surface area contributed by atoms with Gasteiger partial charge in [0.1, 0.15) is 5.82 Å². The summed E-state index contributed by atoms with van der Waals surface area (Å²) >= 11 is 9.29. The number of halogens is 3. The van der Waals surface area contributed by atoms with Gasteiger partial charge in [0.15, 0.2) is 0 Å². The third-order valence-electron chi connectivity index (χ3n) is 2.40. The molecule has 1 aromatic carbocycles. The molecule has 1 rings (SSSR count). The maximum atomic E-state index is 13.5. The van der Waals surface area contributed by atoms with Crippen LogP contribution in [0.4, 0.5) is 4.39 Å². The fourth-order valence-corrected chi connectivity index (χ4v) is 2.76. The van der Waals surface area contributed by atoms with E-state index in [2.05, 4.69) is 35.1 Å². The number of benzene rings is 1. The summed E-state index contributed by atoms with van der Waals surface area (Å²) in [5.41, 5.74) is -0.0941. The quantitative estimate of drug-likeness (QED) is 0.809. The van der Waals surface area contributed by atoms with Crippen molar-refractivity contribution >= 4 is 33.4 Å². The predicted octanol–water partition coefficient (Wildman–Crippen LogP) is 4.02. The predicted molar refractivity (Wildman–Crippen MR) is 75.9 cm³/mol. The van der Waals surface area contributed by atoms with Gasteiger partial charge in [-0.2, -0.15) is 0 Å². The molecule has 0 saturated carbocycles. The minimum absolute atomic E-state index is 0.0941. The zero-order valence-corrected chi connectivity index (χ0v) is 12.7. The molecule has 100 valence electrons. The highest BCUT2D eigenvalue weighted by molar-refractivity contribution is 9.09. The van der Waals surface area contributed by atoms with Crippen molar-refractivity contribution in [2.45, 2.75) is 25.1 Å². The van der Waals surface area contributed by atoms with Gasteiger partial charge in [0, 0.05) is 11.4 Å². The van der Waals surface area contributed by atoms with Gasteiger partial charge in [0.2, 0.25) is 0 Å². The first-order chi connectivity index (χ1) is 8.41. The molecule has 0 fully saturated rings. The van der Waals surface area contributed by atoms with E-state index < -0.39 is 11.7 Å². The van der Waals surface area contributed by atoms with Crippen LogP contribution in [0.1, 0.15) is 30.6 Å². The van der Waals surface area contributed by atoms with Crippen LogP contribution in [0, 0.1) is 11.7 Å². The van der Waals surface area contributed by atoms with Crippen molar-refractivity contribution in [1.29, 1.82) is 0 Å². The Balaban J connectivity index is 2.61. The lowest BCUT2D eigenvalue weighted by Crippen LogP contribution is -2.31. The van der Waals surface area contributed by atoms with E-state index in [1.165, 1.54) is 18.2 Å². The summed E-state index contributed by atoms with van der Waals surface area (Å²) in [5, 5.41) is 2.80. The van der Waals surface area contributed by atoms with Gasteiger partial charge in [-0.3, -0.25) is 4.79 Å². The molecule has 5 heteroatoms. The summed E-state index contributed by atoms with van der Waals surface area (Å²) in [7, 11) is 0. The van der Waals surface area contributed by atoms with Gasteiger partial charge < -0.3 is 5.32 Å². The van der Waals surface area contributed by atoms with Crippen molar-refractivity contribution < 1.29 is 9.18 Å². The largest absolute Gasteiger partial charge is 0.351 e. The van der Waals surface area contributed by atoms with E-state index in [1.54, 1.807) is 0 Å². The number of amides is 1. The number of nitrogens with one attached hydrogen (secondary N) is 1. The van der Waals surface area contributed by atoms with Crippen LogP contribution in [0.15, 0.2) is 18.2 Å². The maximum absolute atomic E-state index is 13.5. The van der Waals surface area contributed by atoms with Crippen LogP contribution < -0.4 is 5.32 Å². The Kier molecular flexibility index (Phi) is 6.09. The number of carbonyl (C=O) groups is 1. The second-order valence-electron chi connectivity index (χ2n) is 4.53. The van der Waals surface area contributed by atoms with Gasteiger partial charge in [-0.1, -0.05) is 47.4 Å². The van der Waals surface area contributed by atoms with Crippen molar-refractivity contribution in [2.75, 3.05) is 6.54 Å². The second kappa shape index (κ2) is 7.10. The Morgan fingerprint density at radius 3 is 2.72 bits per heavy atom. The van der Waals surface area contributed by atoms with Gasteiger partial charge in [-0.25, -0.2) is 4.39 Å². The van der Waals surface area contributed by atoms with Crippen molar-refractivity contribution in [3.05, 3.63) is 34.6 Å². The summed E-state index contributed by atoms with van der Waals surface area (Å²) < 4.78 is 13.5. The second-order valence-corrected chi connectivity index (χ2v) is 6.24. The smallest absolute Gasteiger partial charge is 0.255 e. The Labute approximate surface area is 120 Å². The molecule has 1 N–H and O–H groups in total. The Morgan fingerprint density at radius 2 is 2.17 bits per heavy atom. The number of rotatable bonds is 5. The van der Waals surface area contributed by atoms with Crippen LogP contribution in [0.25, 0.3) is 0 Å². The first kappa shape index (κ1) is 15.4. The highest BCUT2D eigenvalue weighted by atomic mass is 79.9. The topological polar surface area (TPSA) is 29.1 Å². The average Bonchev–Trinajstić information content (AvgIpc) is 2.25. The Morgan fingerprint density at radius 1 is 1.50 bits per heavy atom. The molecular weight excluding hydrogens is 321 g/mol. The average molecular weight is 337 g/mol. The lowest BCUT2D eigenvalue weighted by Gasteiger charge is -2.14. The number of hydrogen-bond acceptors (Lipinski definition) is 1. The van der Waals surface area contributed by atoms with Crippen LogP contribution in [-0.4, -0.2) is 17.3 Å². The molecular formula is C13H16BrClFNO. The molecule has 1 unspecified atom stereocenters. The normalized spacial score (nSPS) is 12.6. The molecule has 1 aromatic rings. The fourth-order valence-electron chi connectivity index (χ4n) is 1.60. The van der Waals surface area contributed by atoms with Crippen LogP contribution >= 0.6 is 27.5 Å². The molecule has 0 heterocycles. The molecule has 0 bridgehead atoms. The standard InChI is InChI=1S/C13H16BrClFNO/c1-8(2)6-9(14)7-17-13(18)12-10(15)4-3-5-11(12)16/h3-5,8-9H,6-7H2,1-2H3,(H,17,18). The van der Waals surface area contributed by atoms with Crippen molar-refractivity contribution in [1.82, 2.24) is 5.32 Å². The minimum Gasteiger partial charge on any atom is -0.351 e. The Hall–Kier alpha value is -0.610. The third kappa shape index (κ3) is 4.58. The molecule has 1 amide bonds. The van der Waals surface area contributed by atoms with Gasteiger partial charge in [0.25, 0.3) is 5.91 Å². The fraction of sp³-hybridized carbons (Fsp3) is 0.462. The van der Waals surface area contributed by atoms with Crippen LogP contribution in [0.3, 0.4) is 0 Å². The molecule has 0 aliphatic heterocycles. The van der Waals surface area contributed by atoms with Crippen molar-refractivity contribution in [2.24, 2.45) is 5.92 Å². The van der Waals surface area contributed by atoms with E-state index in [0.29, 0.717) is 12.5 Å². The highest BCUT2D eigenvalue weighted by Crippen LogP contribution is 2.19. The summed E-state index contributed by atoms with van der Waals surface area (Å²) in [6.07, 6.45) is 0.936. The van der Waals surface area contributed by atoms with E-state index in [4.69, 9.17) is 11.6 Å². The van der Waals surface area contributed by atoms with Crippen LogP contribution in [0.5, 0.6) is 0 Å². The van der Waals surface area contributed by atoms with Crippen molar-refractivity contribution in [3.63, 3.8) is 0 Å².